The first-order valence-electron chi connectivity index (χ1n) is 22.8. The van der Waals surface area contributed by atoms with E-state index in [9.17, 15) is 70.6 Å². The number of hydrogen-bond donors (Lipinski definition) is 12. The van der Waals surface area contributed by atoms with E-state index >= 15 is 0 Å². The molecule has 2 bridgehead atoms. The molecule has 0 aliphatic carbocycles. The second kappa shape index (κ2) is 28.5. The first-order chi connectivity index (χ1) is 31.7. The highest BCUT2D eigenvalue weighted by Crippen LogP contribution is 2.38. The molecule has 12 N–H and O–H groups in total. The van der Waals surface area contributed by atoms with Gasteiger partial charge in [-0.3, -0.25) is 14.4 Å². The third kappa shape index (κ3) is 19.2. The fourth-order valence-corrected chi connectivity index (χ4v) is 8.21. The van der Waals surface area contributed by atoms with Crippen LogP contribution in [-0.4, -0.2) is 172 Å². The minimum absolute atomic E-state index is 0.119. The predicted molar refractivity (Wildman–Crippen MR) is 242 cm³/mol. The van der Waals surface area contributed by atoms with Crippen LogP contribution in [0, 0.1) is 17.8 Å². The number of ether oxygens (including phenoxy) is 4. The van der Waals surface area contributed by atoms with Gasteiger partial charge in [-0.15, -0.1) is 0 Å². The number of carboxylic acid groups (broad SMARTS) is 1. The number of rotatable bonds is 5. The first-order valence-corrected chi connectivity index (χ1v) is 22.8. The summed E-state index contributed by atoms with van der Waals surface area (Å²) in [5, 5.41) is 121. The van der Waals surface area contributed by atoms with Crippen molar-refractivity contribution in [3.63, 3.8) is 0 Å². The van der Waals surface area contributed by atoms with E-state index in [0.29, 0.717) is 6.41 Å². The van der Waals surface area contributed by atoms with Gasteiger partial charge in [-0.2, -0.15) is 0 Å². The van der Waals surface area contributed by atoms with Crippen molar-refractivity contribution in [1.29, 1.82) is 0 Å². The van der Waals surface area contributed by atoms with Crippen molar-refractivity contribution in [2.45, 2.75) is 177 Å². The summed E-state index contributed by atoms with van der Waals surface area (Å²) < 4.78 is 23.2. The minimum atomic E-state index is -2.36. The number of carbonyl (C=O) groups excluding carboxylic acids is 2. The Hall–Kier alpha value is -3.93. The number of cyclic esters (lactones) is 1. The van der Waals surface area contributed by atoms with Crippen molar-refractivity contribution in [1.82, 2.24) is 5.32 Å². The standard InChI is InChI=1S/C48H73NO18/c1-28-17-15-13-11-9-7-5-6-8-10-12-14-16-18-35(66-47-45(60)42(49-27-50)44(59)31(4)65-47)24-39-41(46(61)62)38(56)26-48(63,67-39)25-34(53)22-37(55)36(54)20-19-32(51)21-33(52)23-40(57)64-30(3)29(2)43(28)58/h5-18,27-39,41-45,47,51-56,58-60,63H,19-26H2,1-4H3,(H,49,50)(H,61,62)/b6-5+,9-7+,10-8-,13-11+,14-12+,17-15+,18-16+/t28-,29-,30-,31+,32+,33+,34-,35-,36+,37+,38-,39-,41+,42-,43+,44+,45-,47-,48+/m0/s1. The molecule has 19 atom stereocenters. The summed E-state index contributed by atoms with van der Waals surface area (Å²) in [6.45, 7) is 6.69. The average Bonchev–Trinajstić information content (AvgIpc) is 3.24. The van der Waals surface area contributed by atoms with Crippen molar-refractivity contribution in [3.05, 3.63) is 85.1 Å². The van der Waals surface area contributed by atoms with Crippen LogP contribution in [0.2, 0.25) is 0 Å². The Labute approximate surface area is 391 Å². The lowest BCUT2D eigenvalue weighted by Gasteiger charge is -2.45. The van der Waals surface area contributed by atoms with E-state index in [1.54, 1.807) is 86.8 Å². The topological polar surface area (TPSA) is 323 Å². The molecule has 3 aliphatic heterocycles. The van der Waals surface area contributed by atoms with Gasteiger partial charge in [0.15, 0.2) is 12.1 Å². The second-order valence-electron chi connectivity index (χ2n) is 17.8. The molecule has 378 valence electrons. The number of nitrogens with one attached hydrogen (secondary N) is 1. The summed E-state index contributed by atoms with van der Waals surface area (Å²) >= 11 is 0. The summed E-state index contributed by atoms with van der Waals surface area (Å²) in [7, 11) is 0. The van der Waals surface area contributed by atoms with Gasteiger partial charge in [0.05, 0.1) is 73.5 Å². The van der Waals surface area contributed by atoms with Crippen LogP contribution in [0.3, 0.4) is 0 Å². The van der Waals surface area contributed by atoms with Gasteiger partial charge in [-0.05, 0) is 33.1 Å². The van der Waals surface area contributed by atoms with Crippen LogP contribution < -0.4 is 5.32 Å². The monoisotopic (exact) mass is 951 g/mol. The van der Waals surface area contributed by atoms with E-state index in [2.05, 4.69) is 5.32 Å². The number of fused-ring (bicyclic) bond motifs is 2. The van der Waals surface area contributed by atoms with E-state index in [-0.39, 0.29) is 31.6 Å². The maximum atomic E-state index is 12.6. The number of amides is 1. The first kappa shape index (κ1) is 57.4. The number of allylic oxidation sites excluding steroid dienone is 12. The molecule has 2 fully saturated rings. The number of esters is 1. The van der Waals surface area contributed by atoms with Crippen LogP contribution in [0.5, 0.6) is 0 Å². The molecule has 0 radical (unpaired) electrons. The lowest BCUT2D eigenvalue weighted by atomic mass is 9.82. The van der Waals surface area contributed by atoms with Gasteiger partial charge < -0.3 is 80.4 Å². The molecular weight excluding hydrogens is 879 g/mol. The van der Waals surface area contributed by atoms with Crippen molar-refractivity contribution in [2.75, 3.05) is 0 Å². The fraction of sp³-hybridized carbons (Fsp3) is 0.646. The second-order valence-corrected chi connectivity index (χ2v) is 17.8. The molecule has 0 unspecified atom stereocenters. The zero-order valence-electron chi connectivity index (χ0n) is 38.5. The zero-order chi connectivity index (χ0) is 49.8. The average molecular weight is 952 g/mol. The van der Waals surface area contributed by atoms with E-state index in [1.165, 1.54) is 13.0 Å². The van der Waals surface area contributed by atoms with Gasteiger partial charge in [0.1, 0.15) is 24.2 Å². The van der Waals surface area contributed by atoms with Crippen LogP contribution in [0.1, 0.15) is 79.1 Å². The summed E-state index contributed by atoms with van der Waals surface area (Å²) in [6, 6.07) is -1.20. The highest BCUT2D eigenvalue weighted by molar-refractivity contribution is 5.71. The van der Waals surface area contributed by atoms with Gasteiger partial charge in [0.2, 0.25) is 6.41 Å². The normalized spacial score (nSPS) is 44.4. The summed E-state index contributed by atoms with van der Waals surface area (Å²) in [6.07, 6.45) is 2.79. The number of carboxylic acids is 1. The van der Waals surface area contributed by atoms with Gasteiger partial charge >= 0.3 is 11.9 Å². The molecule has 1 amide bonds. The number of aliphatic hydroxyl groups is 10. The number of aliphatic hydroxyl groups excluding tert-OH is 9. The van der Waals surface area contributed by atoms with Crippen molar-refractivity contribution < 1.29 is 89.5 Å². The Morgan fingerprint density at radius 1 is 0.687 bits per heavy atom. The van der Waals surface area contributed by atoms with Crippen LogP contribution in [0.25, 0.3) is 0 Å². The lowest BCUT2D eigenvalue weighted by molar-refractivity contribution is -0.309. The van der Waals surface area contributed by atoms with Gasteiger partial charge in [-0.1, -0.05) is 98.9 Å². The van der Waals surface area contributed by atoms with Crippen LogP contribution in [-0.2, 0) is 33.3 Å². The van der Waals surface area contributed by atoms with E-state index < -0.39 is 147 Å². The van der Waals surface area contributed by atoms with Crippen LogP contribution in [0.4, 0.5) is 0 Å². The molecular formula is C48H73NO18. The van der Waals surface area contributed by atoms with Gasteiger partial charge in [0.25, 0.3) is 0 Å². The van der Waals surface area contributed by atoms with E-state index in [1.807, 2.05) is 13.0 Å². The van der Waals surface area contributed by atoms with Crippen molar-refractivity contribution in [2.24, 2.45) is 17.8 Å². The summed E-state index contributed by atoms with van der Waals surface area (Å²) in [5.41, 5.74) is 0. The van der Waals surface area contributed by atoms with Gasteiger partial charge in [-0.25, -0.2) is 0 Å². The molecule has 2 saturated heterocycles. The molecule has 67 heavy (non-hydrogen) atoms. The van der Waals surface area contributed by atoms with Crippen LogP contribution >= 0.6 is 0 Å². The lowest BCUT2D eigenvalue weighted by Crippen LogP contribution is -2.63. The van der Waals surface area contributed by atoms with Crippen molar-refractivity contribution in [3.8, 4) is 0 Å². The maximum Gasteiger partial charge on any atom is 0.311 e. The molecule has 3 aliphatic rings. The van der Waals surface area contributed by atoms with Gasteiger partial charge in [0, 0.05) is 37.5 Å². The Morgan fingerprint density at radius 3 is 1.85 bits per heavy atom. The fourth-order valence-electron chi connectivity index (χ4n) is 8.21. The molecule has 0 aromatic rings. The zero-order valence-corrected chi connectivity index (χ0v) is 38.5. The molecule has 0 saturated carbocycles. The molecule has 3 heterocycles. The summed E-state index contributed by atoms with van der Waals surface area (Å²) in [4.78, 5) is 36.4. The largest absolute Gasteiger partial charge is 0.481 e. The number of aliphatic carboxylic acids is 1. The predicted octanol–water partition coefficient (Wildman–Crippen LogP) is 0.499. The third-order valence-corrected chi connectivity index (χ3v) is 12.2. The Kier molecular flexibility index (Phi) is 24.4. The molecule has 3 rings (SSSR count). The minimum Gasteiger partial charge on any atom is -0.481 e. The Morgan fingerprint density at radius 2 is 1.27 bits per heavy atom. The highest BCUT2D eigenvalue weighted by Gasteiger charge is 2.51. The number of carbonyl (C=O) groups is 3. The molecule has 19 nitrogen and oxygen atoms in total. The molecule has 0 aromatic heterocycles. The summed E-state index contributed by atoms with van der Waals surface area (Å²) in [5.74, 6) is -6.94. The van der Waals surface area contributed by atoms with E-state index in [4.69, 9.17) is 18.9 Å². The SMILES string of the molecule is C[C@@H]1[C@H](O)[C@@H](C)/C=C/C=C/C=C/C=C/C=C\C=C\C=C\[C@H](O[C@@H]2O[C@H](C)[C@@H](O)[C@H](NC=O)[C@@H]2O)C[C@@H]2O[C@](O)(C[C@@H](O)C[C@@H](O)[C@H](O)CC[C@@H](O)C[C@@H](O)CC(=O)O[C@H]1C)C[C@H](O)[C@H]2C(=O)O. The molecule has 0 spiro atoms. The third-order valence-electron chi connectivity index (χ3n) is 12.2. The quantitative estimate of drug-likeness (QED) is 0.132. The highest BCUT2D eigenvalue weighted by atomic mass is 16.7. The number of hydrogen-bond acceptors (Lipinski definition) is 17. The molecule has 19 heteroatoms. The van der Waals surface area contributed by atoms with Crippen molar-refractivity contribution >= 4 is 18.3 Å². The maximum absolute atomic E-state index is 12.6. The van der Waals surface area contributed by atoms with Crippen LogP contribution in [0.15, 0.2) is 85.1 Å². The Bertz CT molecular complexity index is 1730. The Balaban J connectivity index is 1.88. The smallest absolute Gasteiger partial charge is 0.311 e. The van der Waals surface area contributed by atoms with E-state index in [0.717, 1.165) is 0 Å². The molecule has 0 aromatic carbocycles.